The number of likely N-dealkylation sites (N-methyl/N-ethyl adjacent to an activating group) is 1. The molecule has 3 aromatic rings. The molecular formula is C25H31ClN2O7. The van der Waals surface area contributed by atoms with Crippen LogP contribution in [0.5, 0.6) is 17.2 Å². The van der Waals surface area contributed by atoms with Gasteiger partial charge in [-0.2, -0.15) is 0 Å². The van der Waals surface area contributed by atoms with E-state index in [1.165, 1.54) is 12.1 Å². The Kier molecular flexibility index (Phi) is 10.8. The van der Waals surface area contributed by atoms with E-state index in [1.54, 1.807) is 11.5 Å². The number of halogens is 1. The van der Waals surface area contributed by atoms with E-state index in [-0.39, 0.29) is 41.0 Å². The van der Waals surface area contributed by atoms with E-state index in [9.17, 15) is 14.7 Å². The number of hydrogen-bond donors (Lipinski definition) is 3. The van der Waals surface area contributed by atoms with Crippen LogP contribution in [-0.2, 0) is 4.79 Å². The van der Waals surface area contributed by atoms with Gasteiger partial charge in [-0.3, -0.25) is 14.8 Å². The standard InChI is InChI=1S/C25H30N2O7.ClH/c1-27(2)11-13-33-18-9-7-17(8-10-18)22-16-21(29)25-20(28)14-19(15-23(25)34-22)32-12-5-3-4-6-24(30)26-31;/h7-10,14-16,28,31H,3-6,11-13H2,1-2H3,(H,26,30);1H. The summed E-state index contributed by atoms with van der Waals surface area (Å²) in [6.45, 7) is 1.73. The maximum absolute atomic E-state index is 12.6. The van der Waals surface area contributed by atoms with E-state index in [4.69, 9.17) is 19.1 Å². The maximum Gasteiger partial charge on any atom is 0.243 e. The molecule has 1 heterocycles. The fourth-order valence-electron chi connectivity index (χ4n) is 3.34. The number of hydrogen-bond acceptors (Lipinski definition) is 8. The van der Waals surface area contributed by atoms with Crippen LogP contribution in [0.1, 0.15) is 25.7 Å². The molecule has 1 amide bonds. The molecule has 0 aliphatic carbocycles. The monoisotopic (exact) mass is 506 g/mol. The highest BCUT2D eigenvalue weighted by Crippen LogP contribution is 2.31. The van der Waals surface area contributed by atoms with E-state index in [2.05, 4.69) is 0 Å². The van der Waals surface area contributed by atoms with E-state index in [1.807, 2.05) is 43.3 Å². The minimum Gasteiger partial charge on any atom is -0.507 e. The SMILES string of the molecule is CN(C)CCOc1ccc(-c2cc(=O)c3c(O)cc(OCCCCCC(=O)NO)cc3o2)cc1.Cl. The molecule has 10 heteroatoms. The van der Waals surface area contributed by atoms with Gasteiger partial charge in [0.05, 0.1) is 6.61 Å². The molecule has 3 N–H and O–H groups in total. The Labute approximate surface area is 209 Å². The molecule has 0 radical (unpaired) electrons. The summed E-state index contributed by atoms with van der Waals surface area (Å²) in [7, 11) is 3.95. The van der Waals surface area contributed by atoms with Crippen molar-refractivity contribution in [2.24, 2.45) is 0 Å². The van der Waals surface area contributed by atoms with Gasteiger partial charge in [-0.05, 0) is 57.6 Å². The topological polar surface area (TPSA) is 121 Å². The first-order chi connectivity index (χ1) is 16.4. The number of nitrogens with zero attached hydrogens (tertiary/aromatic N) is 1. The van der Waals surface area contributed by atoms with Gasteiger partial charge in [0, 0.05) is 36.7 Å². The zero-order valence-corrected chi connectivity index (χ0v) is 20.6. The van der Waals surface area contributed by atoms with Crippen LogP contribution >= 0.6 is 12.4 Å². The van der Waals surface area contributed by atoms with Crippen LogP contribution in [0.4, 0.5) is 0 Å². The Morgan fingerprint density at radius 2 is 1.71 bits per heavy atom. The summed E-state index contributed by atoms with van der Waals surface area (Å²) in [5, 5.41) is 18.9. The van der Waals surface area contributed by atoms with Crippen molar-refractivity contribution in [3.63, 3.8) is 0 Å². The molecule has 3 rings (SSSR count). The summed E-state index contributed by atoms with van der Waals surface area (Å²) in [4.78, 5) is 25.7. The Balaban J connectivity index is 0.00000432. The number of benzene rings is 2. The molecule has 0 atom stereocenters. The van der Waals surface area contributed by atoms with Crippen molar-refractivity contribution >= 4 is 29.3 Å². The third kappa shape index (κ3) is 8.17. The molecule has 0 bridgehead atoms. The van der Waals surface area contributed by atoms with Crippen LogP contribution in [-0.4, -0.2) is 55.0 Å². The molecule has 0 saturated heterocycles. The van der Waals surface area contributed by atoms with Crippen LogP contribution in [0.3, 0.4) is 0 Å². The first-order valence-corrected chi connectivity index (χ1v) is 11.1. The average Bonchev–Trinajstić information content (AvgIpc) is 2.80. The van der Waals surface area contributed by atoms with Crippen LogP contribution in [0.2, 0.25) is 0 Å². The number of fused-ring (bicyclic) bond motifs is 1. The fourth-order valence-corrected chi connectivity index (χ4v) is 3.34. The van der Waals surface area contributed by atoms with Crippen LogP contribution in [0.15, 0.2) is 51.7 Å². The molecule has 190 valence electrons. The van der Waals surface area contributed by atoms with Gasteiger partial charge in [0.1, 0.15) is 40.6 Å². The van der Waals surface area contributed by atoms with Crippen molar-refractivity contribution in [3.8, 4) is 28.6 Å². The van der Waals surface area contributed by atoms with Crippen molar-refractivity contribution in [1.29, 1.82) is 0 Å². The van der Waals surface area contributed by atoms with Crippen molar-refractivity contribution in [1.82, 2.24) is 10.4 Å². The third-order valence-corrected chi connectivity index (χ3v) is 5.17. The number of amides is 1. The number of carbonyl (C=O) groups is 1. The summed E-state index contributed by atoms with van der Waals surface area (Å²) < 4.78 is 17.3. The Bertz CT molecular complexity index is 1160. The molecular weight excluding hydrogens is 476 g/mol. The average molecular weight is 507 g/mol. The minimum absolute atomic E-state index is 0. The van der Waals surface area contributed by atoms with Gasteiger partial charge in [0.15, 0.2) is 5.43 Å². The second-order valence-corrected chi connectivity index (χ2v) is 8.16. The predicted molar refractivity (Wildman–Crippen MR) is 135 cm³/mol. The van der Waals surface area contributed by atoms with Gasteiger partial charge in [-0.15, -0.1) is 12.4 Å². The molecule has 9 nitrogen and oxygen atoms in total. The lowest BCUT2D eigenvalue weighted by atomic mass is 10.1. The van der Waals surface area contributed by atoms with E-state index < -0.39 is 5.91 Å². The zero-order chi connectivity index (χ0) is 24.5. The number of phenolic OH excluding ortho intramolecular Hbond substituents is 1. The zero-order valence-electron chi connectivity index (χ0n) is 19.8. The lowest BCUT2D eigenvalue weighted by Crippen LogP contribution is -2.19. The summed E-state index contributed by atoms with van der Waals surface area (Å²) in [5.41, 5.74) is 2.18. The normalized spacial score (nSPS) is 10.7. The molecule has 1 aromatic heterocycles. The third-order valence-electron chi connectivity index (χ3n) is 5.17. The number of hydroxylamine groups is 1. The number of unbranched alkanes of at least 4 members (excludes halogenated alkanes) is 2. The Hall–Kier alpha value is -3.27. The van der Waals surface area contributed by atoms with E-state index in [0.29, 0.717) is 43.1 Å². The first kappa shape index (κ1) is 28.0. The fraction of sp³-hybridized carbons (Fsp3) is 0.360. The highest BCUT2D eigenvalue weighted by Gasteiger charge is 2.13. The van der Waals surface area contributed by atoms with Crippen molar-refractivity contribution in [2.75, 3.05) is 33.9 Å². The largest absolute Gasteiger partial charge is 0.507 e. The highest BCUT2D eigenvalue weighted by molar-refractivity contribution is 5.86. The Morgan fingerprint density at radius 1 is 1.00 bits per heavy atom. The van der Waals surface area contributed by atoms with Crippen LogP contribution < -0.4 is 20.4 Å². The van der Waals surface area contributed by atoms with Gasteiger partial charge >= 0.3 is 0 Å². The van der Waals surface area contributed by atoms with Crippen LogP contribution in [0.25, 0.3) is 22.3 Å². The first-order valence-electron chi connectivity index (χ1n) is 11.1. The van der Waals surface area contributed by atoms with E-state index in [0.717, 1.165) is 18.7 Å². The molecule has 35 heavy (non-hydrogen) atoms. The molecule has 0 aliphatic rings. The van der Waals surface area contributed by atoms with Crippen molar-refractivity contribution in [2.45, 2.75) is 25.7 Å². The van der Waals surface area contributed by atoms with Gasteiger partial charge < -0.3 is 23.9 Å². The summed E-state index contributed by atoms with van der Waals surface area (Å²) in [6.07, 6.45) is 2.28. The second-order valence-electron chi connectivity index (χ2n) is 8.16. The number of phenols is 1. The van der Waals surface area contributed by atoms with Crippen molar-refractivity contribution in [3.05, 3.63) is 52.7 Å². The quantitative estimate of drug-likeness (QED) is 0.192. The summed E-state index contributed by atoms with van der Waals surface area (Å²) in [5.74, 6) is 0.841. The predicted octanol–water partition coefficient (Wildman–Crippen LogP) is 3.97. The number of nitrogens with one attached hydrogen (secondary N) is 1. The lowest BCUT2D eigenvalue weighted by Gasteiger charge is -2.11. The second kappa shape index (κ2) is 13.6. The molecule has 0 saturated carbocycles. The number of carbonyl (C=O) groups excluding carboxylic acids is 1. The number of aromatic hydroxyl groups is 1. The van der Waals surface area contributed by atoms with Gasteiger partial charge in [-0.1, -0.05) is 0 Å². The van der Waals surface area contributed by atoms with Crippen molar-refractivity contribution < 1.29 is 29.0 Å². The maximum atomic E-state index is 12.6. The molecule has 0 unspecified atom stereocenters. The molecule has 0 fully saturated rings. The molecule has 0 aliphatic heterocycles. The van der Waals surface area contributed by atoms with Gasteiger partial charge in [0.2, 0.25) is 5.91 Å². The van der Waals surface area contributed by atoms with E-state index >= 15 is 0 Å². The van der Waals surface area contributed by atoms with Gasteiger partial charge in [0.25, 0.3) is 0 Å². The Morgan fingerprint density at radius 3 is 2.40 bits per heavy atom. The highest BCUT2D eigenvalue weighted by atomic mass is 35.5. The lowest BCUT2D eigenvalue weighted by molar-refractivity contribution is -0.129. The summed E-state index contributed by atoms with van der Waals surface area (Å²) in [6, 6.07) is 11.6. The van der Waals surface area contributed by atoms with Crippen LogP contribution in [0, 0.1) is 0 Å². The number of rotatable bonds is 12. The summed E-state index contributed by atoms with van der Waals surface area (Å²) >= 11 is 0. The smallest absolute Gasteiger partial charge is 0.243 e. The minimum atomic E-state index is -0.419. The van der Waals surface area contributed by atoms with Gasteiger partial charge in [-0.25, -0.2) is 5.48 Å². The molecule has 2 aromatic carbocycles. The number of ether oxygens (including phenoxy) is 2. The molecule has 0 spiro atoms.